The van der Waals surface area contributed by atoms with E-state index in [1.807, 2.05) is 36.6 Å². The molecule has 0 aliphatic rings. The molecule has 0 radical (unpaired) electrons. The normalized spacial score (nSPS) is 11.0. The lowest BCUT2D eigenvalue weighted by Crippen LogP contribution is -2.20. The minimum absolute atomic E-state index is 0.0496. The quantitative estimate of drug-likeness (QED) is 0.677. The number of ether oxygens (including phenoxy) is 1. The lowest BCUT2D eigenvalue weighted by molar-refractivity contribution is 0.340. The van der Waals surface area contributed by atoms with Gasteiger partial charge in [-0.15, -0.1) is 11.3 Å². The minimum Gasteiger partial charge on any atom is -0.494 e. The number of aromatic nitrogens is 2. The number of hydrogen-bond acceptors (Lipinski definition) is 4. The molecule has 0 atom stereocenters. The second-order valence-electron chi connectivity index (χ2n) is 5.38. The van der Waals surface area contributed by atoms with Gasteiger partial charge >= 0.3 is 0 Å². The highest BCUT2D eigenvalue weighted by Crippen LogP contribution is 2.31. The second-order valence-corrected chi connectivity index (χ2v) is 6.24. The Morgan fingerprint density at radius 3 is 2.70 bits per heavy atom. The zero-order valence-electron chi connectivity index (χ0n) is 13.4. The molecule has 0 unspecified atom stereocenters. The SMILES string of the molecule is CCCCn1cnc2scc(-c3ccc(OCC)cc3)c2c1=O. The third kappa shape index (κ3) is 3.15. The fraction of sp³-hybridized carbons (Fsp3) is 0.333. The zero-order chi connectivity index (χ0) is 16.2. The average molecular weight is 328 g/mol. The summed E-state index contributed by atoms with van der Waals surface area (Å²) in [6.07, 6.45) is 3.70. The summed E-state index contributed by atoms with van der Waals surface area (Å²) in [6.45, 7) is 5.45. The Labute approximate surface area is 139 Å². The number of rotatable bonds is 6. The van der Waals surface area contributed by atoms with Gasteiger partial charge < -0.3 is 4.74 Å². The molecule has 120 valence electrons. The van der Waals surface area contributed by atoms with Crippen molar-refractivity contribution >= 4 is 21.6 Å². The summed E-state index contributed by atoms with van der Waals surface area (Å²) in [4.78, 5) is 18.0. The molecule has 0 amide bonds. The number of fused-ring (bicyclic) bond motifs is 1. The Balaban J connectivity index is 2.05. The molecule has 0 bridgehead atoms. The van der Waals surface area contributed by atoms with Crippen molar-refractivity contribution in [3.8, 4) is 16.9 Å². The largest absolute Gasteiger partial charge is 0.494 e. The van der Waals surface area contributed by atoms with Crippen LogP contribution in [0.25, 0.3) is 21.3 Å². The fourth-order valence-corrected chi connectivity index (χ4v) is 3.47. The van der Waals surface area contributed by atoms with Crippen molar-refractivity contribution in [2.24, 2.45) is 0 Å². The Kier molecular flexibility index (Phi) is 4.76. The molecular weight excluding hydrogens is 308 g/mol. The molecule has 23 heavy (non-hydrogen) atoms. The maximum atomic E-state index is 12.8. The van der Waals surface area contributed by atoms with E-state index in [1.165, 1.54) is 11.3 Å². The monoisotopic (exact) mass is 328 g/mol. The number of aryl methyl sites for hydroxylation is 1. The molecule has 1 aromatic carbocycles. The first-order chi connectivity index (χ1) is 11.2. The van der Waals surface area contributed by atoms with Gasteiger partial charge in [-0.2, -0.15) is 0 Å². The van der Waals surface area contributed by atoms with Crippen LogP contribution >= 0.6 is 11.3 Å². The summed E-state index contributed by atoms with van der Waals surface area (Å²) >= 11 is 1.51. The Morgan fingerprint density at radius 2 is 2.00 bits per heavy atom. The van der Waals surface area contributed by atoms with Crippen LogP contribution in [0.3, 0.4) is 0 Å². The summed E-state index contributed by atoms with van der Waals surface area (Å²) in [5.74, 6) is 0.842. The van der Waals surface area contributed by atoms with Crippen LogP contribution in [0.4, 0.5) is 0 Å². The third-order valence-corrected chi connectivity index (χ3v) is 4.68. The summed E-state index contributed by atoms with van der Waals surface area (Å²) in [6, 6.07) is 7.87. The van der Waals surface area contributed by atoms with Crippen LogP contribution in [0.5, 0.6) is 5.75 Å². The van der Waals surface area contributed by atoms with E-state index in [2.05, 4.69) is 11.9 Å². The molecule has 3 rings (SSSR count). The van der Waals surface area contributed by atoms with Crippen molar-refractivity contribution in [2.75, 3.05) is 6.61 Å². The van der Waals surface area contributed by atoms with E-state index in [0.29, 0.717) is 6.61 Å². The molecule has 0 spiro atoms. The van der Waals surface area contributed by atoms with Crippen LogP contribution in [0.2, 0.25) is 0 Å². The molecule has 0 N–H and O–H groups in total. The van der Waals surface area contributed by atoms with E-state index in [1.54, 1.807) is 10.9 Å². The maximum absolute atomic E-state index is 12.8. The summed E-state index contributed by atoms with van der Waals surface area (Å²) in [5, 5.41) is 2.73. The van der Waals surface area contributed by atoms with E-state index < -0.39 is 0 Å². The van der Waals surface area contributed by atoms with Crippen LogP contribution in [-0.2, 0) is 6.54 Å². The highest BCUT2D eigenvalue weighted by atomic mass is 32.1. The van der Waals surface area contributed by atoms with E-state index in [0.717, 1.165) is 46.5 Å². The van der Waals surface area contributed by atoms with E-state index in [9.17, 15) is 4.79 Å². The maximum Gasteiger partial charge on any atom is 0.262 e. The molecule has 0 saturated carbocycles. The highest BCUT2D eigenvalue weighted by molar-refractivity contribution is 7.17. The van der Waals surface area contributed by atoms with Gasteiger partial charge in [-0.3, -0.25) is 9.36 Å². The summed E-state index contributed by atoms with van der Waals surface area (Å²) in [5.41, 5.74) is 2.02. The zero-order valence-corrected chi connectivity index (χ0v) is 14.2. The number of nitrogens with zero attached hydrogens (tertiary/aromatic N) is 2. The van der Waals surface area contributed by atoms with Gasteiger partial charge in [-0.05, 0) is 31.0 Å². The molecule has 0 saturated heterocycles. The number of hydrogen-bond donors (Lipinski definition) is 0. The average Bonchev–Trinajstić information content (AvgIpc) is 3.00. The summed E-state index contributed by atoms with van der Waals surface area (Å²) in [7, 11) is 0. The van der Waals surface area contributed by atoms with Crippen molar-refractivity contribution < 1.29 is 4.74 Å². The second kappa shape index (κ2) is 6.96. The molecule has 2 heterocycles. The number of thiophene rings is 1. The standard InChI is InChI=1S/C18H20N2O2S/c1-3-5-10-20-12-19-17-16(18(20)21)15(11-23-17)13-6-8-14(9-7-13)22-4-2/h6-9,11-12H,3-5,10H2,1-2H3. The van der Waals surface area contributed by atoms with Gasteiger partial charge in [-0.1, -0.05) is 25.5 Å². The molecule has 2 aromatic heterocycles. The molecule has 0 aliphatic carbocycles. The van der Waals surface area contributed by atoms with Crippen molar-refractivity contribution in [1.82, 2.24) is 9.55 Å². The van der Waals surface area contributed by atoms with Crippen LogP contribution in [0.1, 0.15) is 26.7 Å². The fourth-order valence-electron chi connectivity index (χ4n) is 2.57. The third-order valence-electron chi connectivity index (χ3n) is 3.79. The van der Waals surface area contributed by atoms with Gasteiger partial charge in [-0.25, -0.2) is 4.98 Å². The number of benzene rings is 1. The Bertz CT molecular complexity index is 850. The molecule has 5 heteroatoms. The Hall–Kier alpha value is -2.14. The highest BCUT2D eigenvalue weighted by Gasteiger charge is 2.13. The lowest BCUT2D eigenvalue weighted by Gasteiger charge is -2.06. The van der Waals surface area contributed by atoms with Crippen LogP contribution < -0.4 is 10.3 Å². The van der Waals surface area contributed by atoms with Gasteiger partial charge in [0.1, 0.15) is 10.6 Å². The molecular formula is C18H20N2O2S. The predicted molar refractivity (Wildman–Crippen MR) is 95.4 cm³/mol. The van der Waals surface area contributed by atoms with Crippen molar-refractivity contribution in [3.05, 3.63) is 46.3 Å². The van der Waals surface area contributed by atoms with Crippen molar-refractivity contribution in [1.29, 1.82) is 0 Å². The van der Waals surface area contributed by atoms with Gasteiger partial charge in [0.2, 0.25) is 0 Å². The summed E-state index contributed by atoms with van der Waals surface area (Å²) < 4.78 is 7.20. The first-order valence-corrected chi connectivity index (χ1v) is 8.82. The molecule has 0 aliphatic heterocycles. The lowest BCUT2D eigenvalue weighted by atomic mass is 10.1. The topological polar surface area (TPSA) is 44.1 Å². The van der Waals surface area contributed by atoms with Crippen molar-refractivity contribution in [3.63, 3.8) is 0 Å². The van der Waals surface area contributed by atoms with E-state index in [-0.39, 0.29) is 5.56 Å². The molecule has 3 aromatic rings. The number of unbranched alkanes of at least 4 members (excludes halogenated alkanes) is 1. The van der Waals surface area contributed by atoms with Crippen LogP contribution in [0.15, 0.2) is 40.8 Å². The van der Waals surface area contributed by atoms with E-state index in [4.69, 9.17) is 4.74 Å². The Morgan fingerprint density at radius 1 is 1.22 bits per heavy atom. The van der Waals surface area contributed by atoms with Crippen molar-refractivity contribution in [2.45, 2.75) is 33.2 Å². The van der Waals surface area contributed by atoms with Crippen LogP contribution in [0, 0.1) is 0 Å². The molecule has 4 nitrogen and oxygen atoms in total. The predicted octanol–water partition coefficient (Wildman–Crippen LogP) is 4.32. The van der Waals surface area contributed by atoms with Gasteiger partial charge in [0.25, 0.3) is 5.56 Å². The smallest absolute Gasteiger partial charge is 0.262 e. The van der Waals surface area contributed by atoms with E-state index >= 15 is 0 Å². The first-order valence-electron chi connectivity index (χ1n) is 7.94. The molecule has 0 fully saturated rings. The van der Waals surface area contributed by atoms with Crippen LogP contribution in [-0.4, -0.2) is 16.2 Å². The minimum atomic E-state index is 0.0496. The first kappa shape index (κ1) is 15.7. The van der Waals surface area contributed by atoms with Gasteiger partial charge in [0.05, 0.1) is 18.3 Å². The van der Waals surface area contributed by atoms with Gasteiger partial charge in [0.15, 0.2) is 0 Å². The van der Waals surface area contributed by atoms with Gasteiger partial charge in [0, 0.05) is 17.5 Å².